The van der Waals surface area contributed by atoms with E-state index in [4.69, 9.17) is 14.2 Å². The van der Waals surface area contributed by atoms with Crippen molar-refractivity contribution in [3.8, 4) is 11.8 Å². The minimum absolute atomic E-state index is 0.252. The van der Waals surface area contributed by atoms with Crippen LogP contribution in [0, 0.1) is 29.4 Å². The second-order valence-electron chi connectivity index (χ2n) is 8.05. The molecule has 4 rings (SSSR count). The molecule has 3 aromatic carbocycles. The number of halogens is 2. The van der Waals surface area contributed by atoms with Crippen LogP contribution in [0.5, 0.6) is 0 Å². The molecule has 0 amide bonds. The van der Waals surface area contributed by atoms with Crippen LogP contribution in [0.3, 0.4) is 0 Å². The van der Waals surface area contributed by atoms with Crippen molar-refractivity contribution in [2.75, 3.05) is 26.9 Å². The van der Waals surface area contributed by atoms with E-state index in [1.807, 2.05) is 24.3 Å². The van der Waals surface area contributed by atoms with Gasteiger partial charge >= 0.3 is 0 Å². The van der Waals surface area contributed by atoms with E-state index in [-0.39, 0.29) is 17.9 Å². The number of aryl methyl sites for hydroxylation is 1. The lowest BCUT2D eigenvalue weighted by molar-refractivity contribution is -0.204. The Hall–Kier alpha value is -2.78. The molecule has 1 heterocycles. The standard InChI is InChI=1S/C27H26F2O3/c1-30-13-12-21-17-31-27(32-18-21)11-5-20-3-7-22(26(29)15-20)6-2-19-4-8-24-16-25(28)10-9-23(24)14-19/h3-4,7-10,14-16,21,27H,5,11-13,17-18H2,1H3. The first kappa shape index (κ1) is 22.4. The molecule has 0 N–H and O–H groups in total. The van der Waals surface area contributed by atoms with Gasteiger partial charge in [0.05, 0.1) is 18.8 Å². The minimum atomic E-state index is -0.344. The Labute approximate surface area is 187 Å². The Kier molecular flexibility index (Phi) is 7.49. The van der Waals surface area contributed by atoms with Gasteiger partial charge < -0.3 is 14.2 Å². The smallest absolute Gasteiger partial charge is 0.157 e. The molecule has 3 nitrogen and oxygen atoms in total. The Bertz CT molecular complexity index is 1120. The average molecular weight is 436 g/mol. The van der Waals surface area contributed by atoms with Crippen LogP contribution < -0.4 is 0 Å². The maximum atomic E-state index is 14.6. The SMILES string of the molecule is COCCC1COC(CCc2ccc(C#Cc3ccc4cc(F)ccc4c3)c(F)c2)OC1. The summed E-state index contributed by atoms with van der Waals surface area (Å²) in [6, 6.07) is 15.2. The topological polar surface area (TPSA) is 27.7 Å². The monoisotopic (exact) mass is 436 g/mol. The highest BCUT2D eigenvalue weighted by Crippen LogP contribution is 2.20. The highest BCUT2D eigenvalue weighted by molar-refractivity contribution is 5.83. The summed E-state index contributed by atoms with van der Waals surface area (Å²) >= 11 is 0. The summed E-state index contributed by atoms with van der Waals surface area (Å²) in [5.74, 6) is 5.65. The quantitative estimate of drug-likeness (QED) is 0.479. The van der Waals surface area contributed by atoms with Crippen LogP contribution in [0.25, 0.3) is 10.8 Å². The van der Waals surface area contributed by atoms with E-state index in [0.717, 1.165) is 28.3 Å². The normalized spacial score (nSPS) is 18.3. The van der Waals surface area contributed by atoms with Gasteiger partial charge in [0.2, 0.25) is 0 Å². The van der Waals surface area contributed by atoms with Gasteiger partial charge in [0, 0.05) is 31.6 Å². The molecular weight excluding hydrogens is 410 g/mol. The van der Waals surface area contributed by atoms with Crippen molar-refractivity contribution in [2.45, 2.75) is 25.6 Å². The molecule has 0 atom stereocenters. The number of fused-ring (bicyclic) bond motifs is 1. The molecule has 0 bridgehead atoms. The van der Waals surface area contributed by atoms with Crippen molar-refractivity contribution in [1.82, 2.24) is 0 Å². The van der Waals surface area contributed by atoms with Gasteiger partial charge in [-0.1, -0.05) is 30.0 Å². The second-order valence-corrected chi connectivity index (χ2v) is 8.05. The first-order valence-electron chi connectivity index (χ1n) is 10.8. The number of methoxy groups -OCH3 is 1. The summed E-state index contributed by atoms with van der Waals surface area (Å²) < 4.78 is 44.5. The molecule has 3 aromatic rings. The highest BCUT2D eigenvalue weighted by atomic mass is 19.1. The van der Waals surface area contributed by atoms with Gasteiger partial charge in [0.1, 0.15) is 11.6 Å². The largest absolute Gasteiger partial charge is 0.385 e. The van der Waals surface area contributed by atoms with Gasteiger partial charge in [-0.25, -0.2) is 8.78 Å². The lowest BCUT2D eigenvalue weighted by Gasteiger charge is -2.29. The van der Waals surface area contributed by atoms with Crippen molar-refractivity contribution >= 4 is 10.8 Å². The Morgan fingerprint density at radius 3 is 2.47 bits per heavy atom. The van der Waals surface area contributed by atoms with Crippen LogP contribution in [0.2, 0.25) is 0 Å². The molecule has 0 unspecified atom stereocenters. The van der Waals surface area contributed by atoms with E-state index >= 15 is 0 Å². The van der Waals surface area contributed by atoms with E-state index in [1.54, 1.807) is 19.2 Å². The summed E-state index contributed by atoms with van der Waals surface area (Å²) in [7, 11) is 1.69. The molecule has 0 saturated carbocycles. The Balaban J connectivity index is 1.34. The molecule has 1 aliphatic heterocycles. The summed E-state index contributed by atoms with van der Waals surface area (Å²) in [4.78, 5) is 0. The zero-order chi connectivity index (χ0) is 22.3. The summed E-state index contributed by atoms with van der Waals surface area (Å²) in [6.07, 6.45) is 2.02. The van der Waals surface area contributed by atoms with Gasteiger partial charge in [-0.15, -0.1) is 0 Å². The molecular formula is C27H26F2O3. The Morgan fingerprint density at radius 1 is 0.906 bits per heavy atom. The van der Waals surface area contributed by atoms with Gasteiger partial charge in [-0.2, -0.15) is 0 Å². The third kappa shape index (κ3) is 5.92. The third-order valence-electron chi connectivity index (χ3n) is 5.61. The van der Waals surface area contributed by atoms with Gasteiger partial charge in [0.25, 0.3) is 0 Å². The van der Waals surface area contributed by atoms with Crippen LogP contribution in [0.15, 0.2) is 54.6 Å². The first-order chi connectivity index (χ1) is 15.6. The van der Waals surface area contributed by atoms with E-state index in [1.165, 1.54) is 18.2 Å². The number of ether oxygens (including phenoxy) is 3. The number of hydrogen-bond acceptors (Lipinski definition) is 3. The van der Waals surface area contributed by atoms with E-state index in [9.17, 15) is 8.78 Å². The number of benzene rings is 3. The van der Waals surface area contributed by atoms with E-state index in [2.05, 4.69) is 11.8 Å². The van der Waals surface area contributed by atoms with Crippen LogP contribution >= 0.6 is 0 Å². The molecule has 0 aliphatic carbocycles. The molecule has 0 spiro atoms. The molecule has 1 fully saturated rings. The van der Waals surface area contributed by atoms with Crippen molar-refractivity contribution in [2.24, 2.45) is 5.92 Å². The molecule has 0 aromatic heterocycles. The number of rotatable bonds is 6. The van der Waals surface area contributed by atoms with Crippen molar-refractivity contribution in [3.05, 3.63) is 82.9 Å². The zero-order valence-electron chi connectivity index (χ0n) is 18.1. The average Bonchev–Trinajstić information content (AvgIpc) is 2.81. The van der Waals surface area contributed by atoms with Crippen LogP contribution in [0.4, 0.5) is 8.78 Å². The number of hydrogen-bond donors (Lipinski definition) is 0. The summed E-state index contributed by atoms with van der Waals surface area (Å²) in [6.45, 7) is 2.04. The molecule has 0 radical (unpaired) electrons. The lowest BCUT2D eigenvalue weighted by Crippen LogP contribution is -2.32. The van der Waals surface area contributed by atoms with Gasteiger partial charge in [0.15, 0.2) is 6.29 Å². The van der Waals surface area contributed by atoms with Crippen LogP contribution in [0.1, 0.15) is 29.5 Å². The summed E-state index contributed by atoms with van der Waals surface area (Å²) in [5.41, 5.74) is 1.98. The maximum absolute atomic E-state index is 14.6. The molecule has 5 heteroatoms. The van der Waals surface area contributed by atoms with E-state index in [0.29, 0.717) is 44.1 Å². The maximum Gasteiger partial charge on any atom is 0.157 e. The van der Waals surface area contributed by atoms with Crippen molar-refractivity contribution in [1.29, 1.82) is 0 Å². The fourth-order valence-electron chi connectivity index (χ4n) is 3.73. The van der Waals surface area contributed by atoms with E-state index < -0.39 is 0 Å². The summed E-state index contributed by atoms with van der Waals surface area (Å²) in [5, 5.41) is 1.70. The van der Waals surface area contributed by atoms with Crippen molar-refractivity contribution in [3.63, 3.8) is 0 Å². The van der Waals surface area contributed by atoms with Crippen LogP contribution in [-0.2, 0) is 20.6 Å². The second kappa shape index (κ2) is 10.7. The fraction of sp³-hybridized carbons (Fsp3) is 0.333. The van der Waals surface area contributed by atoms with Crippen molar-refractivity contribution < 1.29 is 23.0 Å². The third-order valence-corrected chi connectivity index (χ3v) is 5.61. The molecule has 166 valence electrons. The van der Waals surface area contributed by atoms with Crippen LogP contribution in [-0.4, -0.2) is 33.2 Å². The Morgan fingerprint density at radius 2 is 1.69 bits per heavy atom. The van der Waals surface area contributed by atoms with Gasteiger partial charge in [-0.3, -0.25) is 0 Å². The highest BCUT2D eigenvalue weighted by Gasteiger charge is 2.21. The van der Waals surface area contributed by atoms with Gasteiger partial charge in [-0.05, 0) is 65.6 Å². The zero-order valence-corrected chi connectivity index (χ0v) is 18.1. The first-order valence-corrected chi connectivity index (χ1v) is 10.8. The fourth-order valence-corrected chi connectivity index (χ4v) is 3.73. The molecule has 1 aliphatic rings. The molecule has 32 heavy (non-hydrogen) atoms. The minimum Gasteiger partial charge on any atom is -0.385 e. The predicted molar refractivity (Wildman–Crippen MR) is 120 cm³/mol. The molecule has 1 saturated heterocycles. The predicted octanol–water partition coefficient (Wildman–Crippen LogP) is 5.48. The lowest BCUT2D eigenvalue weighted by atomic mass is 10.0.